The van der Waals surface area contributed by atoms with E-state index < -0.39 is 0 Å². The van der Waals surface area contributed by atoms with Crippen LogP contribution in [0.2, 0.25) is 0 Å². The zero-order chi connectivity index (χ0) is 18.5. The van der Waals surface area contributed by atoms with Crippen LogP contribution < -0.4 is 5.32 Å². The molecule has 1 aliphatic rings. The van der Waals surface area contributed by atoms with E-state index in [1.807, 2.05) is 35.2 Å². The molecule has 0 saturated carbocycles. The zero-order valence-corrected chi connectivity index (χ0v) is 14.7. The molecule has 2 amide bonds. The van der Waals surface area contributed by atoms with Crippen molar-refractivity contribution in [1.82, 2.24) is 9.80 Å². The van der Waals surface area contributed by atoms with Gasteiger partial charge in [0.25, 0.3) is 0 Å². The summed E-state index contributed by atoms with van der Waals surface area (Å²) in [5.74, 6) is -0.338. The molecule has 2 aromatic carbocycles. The first-order valence-corrected chi connectivity index (χ1v) is 8.65. The number of hydrogen-bond donors (Lipinski definition) is 1. The molecule has 0 spiro atoms. The number of aryl methyl sites for hydroxylation is 1. The third-order valence-corrected chi connectivity index (χ3v) is 4.53. The minimum absolute atomic E-state index is 0.0321. The van der Waals surface area contributed by atoms with Gasteiger partial charge in [-0.2, -0.15) is 0 Å². The first kappa shape index (κ1) is 18.1. The number of halogens is 1. The van der Waals surface area contributed by atoms with Gasteiger partial charge < -0.3 is 10.2 Å². The monoisotopic (exact) mass is 355 g/mol. The van der Waals surface area contributed by atoms with Crippen molar-refractivity contribution in [3.63, 3.8) is 0 Å². The fourth-order valence-electron chi connectivity index (χ4n) is 2.95. The van der Waals surface area contributed by atoms with Crippen molar-refractivity contribution in [2.24, 2.45) is 0 Å². The third kappa shape index (κ3) is 4.46. The standard InChI is InChI=1S/C20H22FN3O2/c1-15-13-16(7-8-18(15)21)19(25)14-23-9-11-24(12-10-23)20(26)22-17-5-3-2-4-6-17/h2-8,13H,9-12,14H2,1H3,(H,22,26). The van der Waals surface area contributed by atoms with E-state index in [-0.39, 0.29) is 24.2 Å². The first-order valence-electron chi connectivity index (χ1n) is 8.65. The molecule has 0 radical (unpaired) electrons. The van der Waals surface area contributed by atoms with Crippen molar-refractivity contribution in [3.05, 3.63) is 65.5 Å². The maximum absolute atomic E-state index is 13.3. The number of ketones is 1. The number of para-hydroxylation sites is 1. The lowest BCUT2D eigenvalue weighted by Gasteiger charge is -2.34. The van der Waals surface area contributed by atoms with Gasteiger partial charge in [-0.05, 0) is 42.8 Å². The number of piperazine rings is 1. The number of anilines is 1. The third-order valence-electron chi connectivity index (χ3n) is 4.53. The maximum atomic E-state index is 13.3. The number of benzene rings is 2. The summed E-state index contributed by atoms with van der Waals surface area (Å²) in [4.78, 5) is 28.4. The van der Waals surface area contributed by atoms with Crippen molar-refractivity contribution in [2.45, 2.75) is 6.92 Å². The van der Waals surface area contributed by atoms with Crippen LogP contribution in [0.4, 0.5) is 14.9 Å². The largest absolute Gasteiger partial charge is 0.322 e. The van der Waals surface area contributed by atoms with Crippen molar-refractivity contribution in [1.29, 1.82) is 0 Å². The summed E-state index contributed by atoms with van der Waals surface area (Å²) in [6, 6.07) is 13.6. The molecule has 1 heterocycles. The second-order valence-electron chi connectivity index (χ2n) is 6.45. The fraction of sp³-hybridized carbons (Fsp3) is 0.300. The number of amides is 2. The smallest absolute Gasteiger partial charge is 0.321 e. The lowest BCUT2D eigenvalue weighted by Crippen LogP contribution is -2.51. The Labute approximate surface area is 152 Å². The molecule has 3 rings (SSSR count). The molecule has 1 fully saturated rings. The minimum Gasteiger partial charge on any atom is -0.322 e. The lowest BCUT2D eigenvalue weighted by molar-refractivity contribution is 0.0883. The molecule has 136 valence electrons. The topological polar surface area (TPSA) is 52.7 Å². The normalized spacial score (nSPS) is 14.9. The summed E-state index contributed by atoms with van der Waals surface area (Å²) in [5, 5.41) is 2.87. The van der Waals surface area contributed by atoms with Gasteiger partial charge in [0.05, 0.1) is 6.54 Å². The van der Waals surface area contributed by atoms with Crippen molar-refractivity contribution < 1.29 is 14.0 Å². The van der Waals surface area contributed by atoms with Crippen LogP contribution in [0.1, 0.15) is 15.9 Å². The van der Waals surface area contributed by atoms with E-state index in [2.05, 4.69) is 5.32 Å². The fourth-order valence-corrected chi connectivity index (χ4v) is 2.95. The Morgan fingerprint density at radius 2 is 1.73 bits per heavy atom. The van der Waals surface area contributed by atoms with Crippen molar-refractivity contribution in [2.75, 3.05) is 38.0 Å². The van der Waals surface area contributed by atoms with Crippen LogP contribution in [-0.4, -0.2) is 54.3 Å². The summed E-state index contributed by atoms with van der Waals surface area (Å²) in [6.07, 6.45) is 0. The second-order valence-corrected chi connectivity index (χ2v) is 6.45. The molecule has 0 aromatic heterocycles. The zero-order valence-electron chi connectivity index (χ0n) is 14.7. The quantitative estimate of drug-likeness (QED) is 0.857. The Kier molecular flexibility index (Phi) is 5.63. The second kappa shape index (κ2) is 8.10. The number of carbonyl (C=O) groups is 2. The summed E-state index contributed by atoms with van der Waals surface area (Å²) in [5.41, 5.74) is 1.76. The molecule has 2 aromatic rings. The number of urea groups is 1. The van der Waals surface area contributed by atoms with Gasteiger partial charge in [0, 0.05) is 37.4 Å². The highest BCUT2D eigenvalue weighted by atomic mass is 19.1. The van der Waals surface area contributed by atoms with Crippen LogP contribution in [0.3, 0.4) is 0 Å². The molecular formula is C20H22FN3O2. The highest BCUT2D eigenvalue weighted by Gasteiger charge is 2.23. The van der Waals surface area contributed by atoms with E-state index in [0.717, 1.165) is 5.69 Å². The Balaban J connectivity index is 1.49. The van der Waals surface area contributed by atoms with Crippen molar-refractivity contribution >= 4 is 17.5 Å². The summed E-state index contributed by atoms with van der Waals surface area (Å²) < 4.78 is 13.3. The first-order chi connectivity index (χ1) is 12.5. The van der Waals surface area contributed by atoms with Crippen molar-refractivity contribution in [3.8, 4) is 0 Å². The van der Waals surface area contributed by atoms with Gasteiger partial charge in [0.1, 0.15) is 5.82 Å². The summed E-state index contributed by atoms with van der Waals surface area (Å²) in [6.45, 7) is 4.32. The molecule has 0 aliphatic carbocycles. The maximum Gasteiger partial charge on any atom is 0.321 e. The summed E-state index contributed by atoms with van der Waals surface area (Å²) in [7, 11) is 0. The van der Waals surface area contributed by atoms with Crippen LogP contribution in [0.5, 0.6) is 0 Å². The Bertz CT molecular complexity index is 787. The van der Waals surface area contributed by atoms with E-state index in [1.165, 1.54) is 12.1 Å². The number of hydrogen-bond acceptors (Lipinski definition) is 3. The Hall–Kier alpha value is -2.73. The number of nitrogens with zero attached hydrogens (tertiary/aromatic N) is 2. The van der Waals surface area contributed by atoms with Gasteiger partial charge in [-0.25, -0.2) is 9.18 Å². The highest BCUT2D eigenvalue weighted by molar-refractivity contribution is 5.97. The number of nitrogens with one attached hydrogen (secondary N) is 1. The van der Waals surface area contributed by atoms with Crippen LogP contribution >= 0.6 is 0 Å². The number of Topliss-reactive ketones (excluding diaryl/α,β-unsaturated/α-hetero) is 1. The molecule has 0 unspecified atom stereocenters. The average Bonchev–Trinajstić information content (AvgIpc) is 2.65. The van der Waals surface area contributed by atoms with Gasteiger partial charge in [0.15, 0.2) is 5.78 Å². The van der Waals surface area contributed by atoms with Crippen LogP contribution in [0, 0.1) is 12.7 Å². The van der Waals surface area contributed by atoms with E-state index >= 15 is 0 Å². The molecule has 1 saturated heterocycles. The van der Waals surface area contributed by atoms with Crippen LogP contribution in [-0.2, 0) is 0 Å². The Morgan fingerprint density at radius 1 is 1.04 bits per heavy atom. The van der Waals surface area contributed by atoms with Gasteiger partial charge >= 0.3 is 6.03 Å². The predicted octanol–water partition coefficient (Wildman–Crippen LogP) is 3.17. The highest BCUT2D eigenvalue weighted by Crippen LogP contribution is 2.12. The SMILES string of the molecule is Cc1cc(C(=O)CN2CCN(C(=O)Nc3ccccc3)CC2)ccc1F. The number of rotatable bonds is 4. The predicted molar refractivity (Wildman–Crippen MR) is 98.9 cm³/mol. The molecule has 1 N–H and O–H groups in total. The molecule has 26 heavy (non-hydrogen) atoms. The molecule has 5 nitrogen and oxygen atoms in total. The Morgan fingerprint density at radius 3 is 2.38 bits per heavy atom. The minimum atomic E-state index is -0.306. The van der Waals surface area contributed by atoms with Gasteiger partial charge in [0.2, 0.25) is 0 Å². The molecule has 1 aliphatic heterocycles. The van der Waals surface area contributed by atoms with Gasteiger partial charge in [-0.1, -0.05) is 18.2 Å². The molecule has 6 heteroatoms. The van der Waals surface area contributed by atoms with E-state index in [9.17, 15) is 14.0 Å². The van der Waals surface area contributed by atoms with E-state index in [4.69, 9.17) is 0 Å². The van der Waals surface area contributed by atoms with Crippen LogP contribution in [0.15, 0.2) is 48.5 Å². The summed E-state index contributed by atoms with van der Waals surface area (Å²) >= 11 is 0. The average molecular weight is 355 g/mol. The molecular weight excluding hydrogens is 333 g/mol. The lowest BCUT2D eigenvalue weighted by atomic mass is 10.1. The van der Waals surface area contributed by atoms with Gasteiger partial charge in [-0.3, -0.25) is 9.69 Å². The van der Waals surface area contributed by atoms with E-state index in [1.54, 1.807) is 17.9 Å². The molecule has 0 atom stereocenters. The number of carbonyl (C=O) groups excluding carboxylic acids is 2. The molecule has 0 bridgehead atoms. The van der Waals surface area contributed by atoms with Crippen LogP contribution in [0.25, 0.3) is 0 Å². The van der Waals surface area contributed by atoms with Gasteiger partial charge in [-0.15, -0.1) is 0 Å². The van der Waals surface area contributed by atoms with E-state index in [0.29, 0.717) is 37.3 Å².